The number of carbonyl (C=O) groups is 1. The van der Waals surface area contributed by atoms with Crippen LogP contribution in [-0.4, -0.2) is 5.78 Å². The molecule has 2 aliphatic rings. The Kier molecular flexibility index (Phi) is 1.37. The topological polar surface area (TPSA) is 17.1 Å². The van der Waals surface area contributed by atoms with Gasteiger partial charge >= 0.3 is 0 Å². The van der Waals surface area contributed by atoms with E-state index in [0.29, 0.717) is 11.7 Å². The van der Waals surface area contributed by atoms with Crippen molar-refractivity contribution in [2.75, 3.05) is 0 Å². The minimum atomic E-state index is 0.411. The Balaban J connectivity index is 2.22. The van der Waals surface area contributed by atoms with Crippen LogP contribution in [0.5, 0.6) is 0 Å². The van der Waals surface area contributed by atoms with Gasteiger partial charge in [-0.05, 0) is 25.7 Å². The van der Waals surface area contributed by atoms with Crippen LogP contribution in [0.2, 0.25) is 0 Å². The van der Waals surface area contributed by atoms with Gasteiger partial charge in [0.15, 0.2) is 0 Å². The van der Waals surface area contributed by atoms with Crippen molar-refractivity contribution in [3.8, 4) is 0 Å². The average Bonchev–Trinajstić information content (AvgIpc) is 1.99. The normalized spacial score (nSPS) is 31.8. The molecule has 54 valence electrons. The van der Waals surface area contributed by atoms with Crippen LogP contribution in [0.4, 0.5) is 0 Å². The summed E-state index contributed by atoms with van der Waals surface area (Å²) < 4.78 is 0. The summed E-state index contributed by atoms with van der Waals surface area (Å²) in [5.41, 5.74) is 1.54. The van der Waals surface area contributed by atoms with Gasteiger partial charge in [0.05, 0.1) is 0 Å². The summed E-state index contributed by atoms with van der Waals surface area (Å²) in [6, 6.07) is 0. The van der Waals surface area contributed by atoms with Crippen molar-refractivity contribution >= 4 is 5.78 Å². The zero-order valence-corrected chi connectivity index (χ0v) is 6.10. The van der Waals surface area contributed by atoms with Crippen LogP contribution in [0.1, 0.15) is 32.1 Å². The highest BCUT2D eigenvalue weighted by molar-refractivity contribution is 5.84. The lowest BCUT2D eigenvalue weighted by Gasteiger charge is -2.26. The number of hydrogen-bond acceptors (Lipinski definition) is 1. The van der Waals surface area contributed by atoms with Crippen LogP contribution in [0.15, 0.2) is 11.6 Å². The first kappa shape index (κ1) is 6.14. The highest BCUT2D eigenvalue weighted by Crippen LogP contribution is 2.33. The number of allylic oxidation sites excluding steroid dienone is 2. The van der Waals surface area contributed by atoms with Crippen LogP contribution in [0.25, 0.3) is 0 Å². The van der Waals surface area contributed by atoms with E-state index in [0.717, 1.165) is 19.3 Å². The van der Waals surface area contributed by atoms with Crippen LogP contribution in [0.3, 0.4) is 0 Å². The molecule has 0 aromatic carbocycles. The second-order valence-electron chi connectivity index (χ2n) is 3.33. The van der Waals surface area contributed by atoms with E-state index in [4.69, 9.17) is 0 Å². The molecule has 2 rings (SSSR count). The van der Waals surface area contributed by atoms with E-state index < -0.39 is 0 Å². The van der Waals surface area contributed by atoms with E-state index >= 15 is 0 Å². The molecular formula is C9H12O. The zero-order chi connectivity index (χ0) is 6.97. The summed E-state index contributed by atoms with van der Waals surface area (Å²) in [5.74, 6) is 0.886. The Labute approximate surface area is 61.1 Å². The van der Waals surface area contributed by atoms with Gasteiger partial charge in [0.1, 0.15) is 5.78 Å². The molecular weight excluding hydrogens is 124 g/mol. The fourth-order valence-corrected chi connectivity index (χ4v) is 1.97. The molecule has 0 amide bonds. The van der Waals surface area contributed by atoms with Gasteiger partial charge in [-0.2, -0.15) is 0 Å². The highest BCUT2D eigenvalue weighted by Gasteiger charge is 2.25. The van der Waals surface area contributed by atoms with Gasteiger partial charge in [-0.15, -0.1) is 0 Å². The number of hydrogen-bond donors (Lipinski definition) is 0. The van der Waals surface area contributed by atoms with Crippen molar-refractivity contribution in [2.24, 2.45) is 5.92 Å². The molecule has 0 radical (unpaired) electrons. The lowest BCUT2D eigenvalue weighted by Crippen LogP contribution is -2.21. The predicted molar refractivity (Wildman–Crippen MR) is 39.7 cm³/mol. The SMILES string of the molecule is O=C1CC=C2CCCC1C2. The summed E-state index contributed by atoms with van der Waals surface area (Å²) in [6.07, 6.45) is 7.58. The number of rotatable bonds is 0. The van der Waals surface area contributed by atoms with E-state index in [1.807, 2.05) is 0 Å². The summed E-state index contributed by atoms with van der Waals surface area (Å²) in [4.78, 5) is 11.2. The molecule has 1 unspecified atom stereocenters. The quantitative estimate of drug-likeness (QED) is 0.466. The molecule has 0 aromatic rings. The lowest BCUT2D eigenvalue weighted by molar-refractivity contribution is -0.123. The molecule has 0 heterocycles. The standard InChI is InChI=1S/C9H12O/c10-9-5-4-7-2-1-3-8(9)6-7/h4,8H,1-3,5-6H2. The molecule has 2 aliphatic carbocycles. The smallest absolute Gasteiger partial charge is 0.140 e. The summed E-state index contributed by atoms with van der Waals surface area (Å²) in [7, 11) is 0. The molecule has 10 heavy (non-hydrogen) atoms. The molecule has 2 bridgehead atoms. The molecule has 0 aliphatic heterocycles. The largest absolute Gasteiger partial charge is 0.299 e. The molecule has 0 aromatic heterocycles. The minimum absolute atomic E-state index is 0.411. The van der Waals surface area contributed by atoms with E-state index in [9.17, 15) is 4.79 Å². The Morgan fingerprint density at radius 2 is 2.40 bits per heavy atom. The Bertz CT molecular complexity index is 191. The third kappa shape index (κ3) is 0.898. The maximum Gasteiger partial charge on any atom is 0.140 e. The first-order valence-corrected chi connectivity index (χ1v) is 4.07. The van der Waals surface area contributed by atoms with Gasteiger partial charge in [-0.1, -0.05) is 11.6 Å². The molecule has 0 saturated heterocycles. The first-order chi connectivity index (χ1) is 4.86. The van der Waals surface area contributed by atoms with Crippen molar-refractivity contribution < 1.29 is 4.79 Å². The highest BCUT2D eigenvalue weighted by atomic mass is 16.1. The summed E-state index contributed by atoms with van der Waals surface area (Å²) >= 11 is 0. The average molecular weight is 136 g/mol. The van der Waals surface area contributed by atoms with Crippen LogP contribution >= 0.6 is 0 Å². The van der Waals surface area contributed by atoms with Crippen LogP contribution in [0, 0.1) is 5.92 Å². The van der Waals surface area contributed by atoms with Crippen molar-refractivity contribution in [1.29, 1.82) is 0 Å². The van der Waals surface area contributed by atoms with E-state index in [2.05, 4.69) is 6.08 Å². The van der Waals surface area contributed by atoms with Gasteiger partial charge in [0.2, 0.25) is 0 Å². The van der Waals surface area contributed by atoms with Crippen molar-refractivity contribution in [3.05, 3.63) is 11.6 Å². The zero-order valence-electron chi connectivity index (χ0n) is 6.10. The van der Waals surface area contributed by atoms with Crippen molar-refractivity contribution in [3.63, 3.8) is 0 Å². The van der Waals surface area contributed by atoms with Gasteiger partial charge in [-0.3, -0.25) is 4.79 Å². The monoisotopic (exact) mass is 136 g/mol. The fourth-order valence-electron chi connectivity index (χ4n) is 1.97. The second kappa shape index (κ2) is 2.22. The molecule has 1 fully saturated rings. The Hall–Kier alpha value is -0.590. The molecule has 1 saturated carbocycles. The molecule has 1 heteroatoms. The second-order valence-corrected chi connectivity index (χ2v) is 3.33. The number of ketones is 1. The van der Waals surface area contributed by atoms with Crippen molar-refractivity contribution in [2.45, 2.75) is 32.1 Å². The number of Topliss-reactive ketones (excluding diaryl/α,β-unsaturated/α-hetero) is 1. The van der Waals surface area contributed by atoms with Gasteiger partial charge in [0.25, 0.3) is 0 Å². The maximum atomic E-state index is 11.2. The van der Waals surface area contributed by atoms with Gasteiger partial charge in [-0.25, -0.2) is 0 Å². The molecule has 1 nitrogen and oxygen atoms in total. The van der Waals surface area contributed by atoms with Crippen LogP contribution < -0.4 is 0 Å². The Morgan fingerprint density at radius 3 is 3.20 bits per heavy atom. The lowest BCUT2D eigenvalue weighted by atomic mass is 9.78. The third-order valence-electron chi connectivity index (χ3n) is 2.61. The predicted octanol–water partition coefficient (Wildman–Crippen LogP) is 2.08. The van der Waals surface area contributed by atoms with Crippen molar-refractivity contribution in [1.82, 2.24) is 0 Å². The van der Waals surface area contributed by atoms with E-state index in [1.54, 1.807) is 0 Å². The Morgan fingerprint density at radius 1 is 1.50 bits per heavy atom. The molecule has 1 atom stereocenters. The van der Waals surface area contributed by atoms with E-state index in [-0.39, 0.29) is 0 Å². The van der Waals surface area contributed by atoms with E-state index in [1.165, 1.54) is 18.4 Å². The maximum absolute atomic E-state index is 11.2. The van der Waals surface area contributed by atoms with Crippen LogP contribution in [-0.2, 0) is 4.79 Å². The van der Waals surface area contributed by atoms with Gasteiger partial charge < -0.3 is 0 Å². The number of carbonyl (C=O) groups excluding carboxylic acids is 1. The number of fused-ring (bicyclic) bond motifs is 2. The first-order valence-electron chi connectivity index (χ1n) is 4.07. The molecule has 0 N–H and O–H groups in total. The summed E-state index contributed by atoms with van der Waals surface area (Å²) in [6.45, 7) is 0. The van der Waals surface area contributed by atoms with Gasteiger partial charge in [0, 0.05) is 12.3 Å². The molecule has 0 spiro atoms. The summed E-state index contributed by atoms with van der Waals surface area (Å²) in [5, 5.41) is 0. The fraction of sp³-hybridized carbons (Fsp3) is 0.667. The minimum Gasteiger partial charge on any atom is -0.299 e. The third-order valence-corrected chi connectivity index (χ3v) is 2.61.